The first-order valence-electron chi connectivity index (χ1n) is 6.94. The summed E-state index contributed by atoms with van der Waals surface area (Å²) in [5.74, 6) is 0.0198. The van der Waals surface area contributed by atoms with E-state index in [-0.39, 0.29) is 5.91 Å². The highest BCUT2D eigenvalue weighted by Crippen LogP contribution is 2.21. The van der Waals surface area contributed by atoms with Gasteiger partial charge < -0.3 is 9.80 Å². The van der Waals surface area contributed by atoms with Crippen molar-refractivity contribution in [2.45, 2.75) is 12.5 Å². The van der Waals surface area contributed by atoms with Crippen molar-refractivity contribution in [3.8, 4) is 6.07 Å². The molecular weight excluding hydrogens is 266 g/mol. The molecule has 6 heteroatoms. The highest BCUT2D eigenvalue weighted by atomic mass is 16.2. The van der Waals surface area contributed by atoms with E-state index < -0.39 is 0 Å². The van der Waals surface area contributed by atoms with Crippen LogP contribution < -0.4 is 0 Å². The van der Waals surface area contributed by atoms with Gasteiger partial charge in [-0.3, -0.25) is 9.89 Å². The third-order valence-electron chi connectivity index (χ3n) is 4.10. The van der Waals surface area contributed by atoms with Gasteiger partial charge in [0.15, 0.2) is 5.69 Å². The van der Waals surface area contributed by atoms with E-state index in [1.165, 1.54) is 0 Å². The summed E-state index contributed by atoms with van der Waals surface area (Å²) in [5.41, 5.74) is 1.71. The molecule has 1 atom stereocenters. The summed E-state index contributed by atoms with van der Waals surface area (Å²) in [4.78, 5) is 16.6. The number of nitrogens with one attached hydrogen (secondary N) is 1. The summed E-state index contributed by atoms with van der Waals surface area (Å²) in [5, 5.41) is 16.5. The van der Waals surface area contributed by atoms with E-state index in [9.17, 15) is 4.79 Å². The molecule has 3 rings (SSSR count). The molecule has 6 nitrogen and oxygen atoms in total. The number of rotatable bonds is 2. The van der Waals surface area contributed by atoms with Gasteiger partial charge in [-0.2, -0.15) is 10.4 Å². The number of aromatic amines is 1. The molecule has 0 unspecified atom stereocenters. The Morgan fingerprint density at radius 3 is 3.00 bits per heavy atom. The average Bonchev–Trinajstić information content (AvgIpc) is 3.12. The lowest BCUT2D eigenvalue weighted by Gasteiger charge is -2.20. The quantitative estimate of drug-likeness (QED) is 0.899. The molecule has 0 spiro atoms. The molecule has 1 aliphatic rings. The molecule has 0 saturated carbocycles. The summed E-state index contributed by atoms with van der Waals surface area (Å²) in [6, 6.07) is 7.79. The highest BCUT2D eigenvalue weighted by molar-refractivity contribution is 5.99. The van der Waals surface area contributed by atoms with Crippen LogP contribution in [0.2, 0.25) is 0 Å². The predicted octanol–water partition coefficient (Wildman–Crippen LogP) is 1.21. The Balaban J connectivity index is 1.87. The van der Waals surface area contributed by atoms with Crippen molar-refractivity contribution in [2.75, 3.05) is 27.2 Å². The van der Waals surface area contributed by atoms with Crippen LogP contribution in [0.5, 0.6) is 0 Å². The van der Waals surface area contributed by atoms with Crippen LogP contribution in [0.25, 0.3) is 10.9 Å². The molecule has 0 aliphatic carbocycles. The molecule has 1 aliphatic heterocycles. The number of hydrogen-bond acceptors (Lipinski definition) is 4. The number of likely N-dealkylation sites (tertiary alicyclic amines) is 1. The van der Waals surface area contributed by atoms with E-state index in [1.807, 2.05) is 25.1 Å². The smallest absolute Gasteiger partial charge is 0.253 e. The van der Waals surface area contributed by atoms with Crippen molar-refractivity contribution in [1.82, 2.24) is 20.0 Å². The van der Waals surface area contributed by atoms with Gasteiger partial charge in [0.2, 0.25) is 0 Å². The molecule has 1 N–H and O–H groups in total. The van der Waals surface area contributed by atoms with Crippen LogP contribution >= 0.6 is 0 Å². The monoisotopic (exact) mass is 283 g/mol. The summed E-state index contributed by atoms with van der Waals surface area (Å²) >= 11 is 0. The molecule has 0 bridgehead atoms. The Bertz CT molecular complexity index is 727. The minimum absolute atomic E-state index is 0.0198. The summed E-state index contributed by atoms with van der Waals surface area (Å²) in [7, 11) is 4.07. The Kier molecular flexibility index (Phi) is 3.35. The van der Waals surface area contributed by atoms with Crippen molar-refractivity contribution in [3.05, 3.63) is 29.5 Å². The van der Waals surface area contributed by atoms with Crippen molar-refractivity contribution in [3.63, 3.8) is 0 Å². The van der Waals surface area contributed by atoms with Gasteiger partial charge in [0, 0.05) is 30.1 Å². The van der Waals surface area contributed by atoms with Crippen LogP contribution in [0.4, 0.5) is 0 Å². The number of likely N-dealkylation sites (N-methyl/N-ethyl adjacent to an activating group) is 1. The summed E-state index contributed by atoms with van der Waals surface area (Å²) < 4.78 is 0. The van der Waals surface area contributed by atoms with E-state index in [1.54, 1.807) is 18.2 Å². The number of hydrogen-bond donors (Lipinski definition) is 1. The minimum atomic E-state index is 0.0198. The van der Waals surface area contributed by atoms with Crippen LogP contribution in [-0.2, 0) is 0 Å². The lowest BCUT2D eigenvalue weighted by atomic mass is 10.1. The molecule has 0 radical (unpaired) electrons. The van der Waals surface area contributed by atoms with Crippen molar-refractivity contribution >= 4 is 16.8 Å². The zero-order chi connectivity index (χ0) is 15.0. The molecule has 2 heterocycles. The topological polar surface area (TPSA) is 76.0 Å². The van der Waals surface area contributed by atoms with E-state index >= 15 is 0 Å². The molecule has 2 aromatic rings. The fourth-order valence-corrected chi connectivity index (χ4v) is 2.76. The zero-order valence-electron chi connectivity index (χ0n) is 12.1. The van der Waals surface area contributed by atoms with E-state index in [0.29, 0.717) is 22.7 Å². The molecule has 1 aromatic carbocycles. The number of fused-ring (bicyclic) bond motifs is 1. The molecule has 1 amide bonds. The molecule has 21 heavy (non-hydrogen) atoms. The van der Waals surface area contributed by atoms with Gasteiger partial charge in [-0.25, -0.2) is 0 Å². The van der Waals surface area contributed by atoms with Crippen LogP contribution in [0.1, 0.15) is 22.5 Å². The number of aromatic nitrogens is 2. The van der Waals surface area contributed by atoms with Crippen LogP contribution in [0, 0.1) is 11.3 Å². The van der Waals surface area contributed by atoms with Gasteiger partial charge in [0.05, 0.1) is 5.52 Å². The highest BCUT2D eigenvalue weighted by Gasteiger charge is 2.28. The van der Waals surface area contributed by atoms with Gasteiger partial charge >= 0.3 is 0 Å². The number of benzene rings is 1. The zero-order valence-corrected chi connectivity index (χ0v) is 12.1. The summed E-state index contributed by atoms with van der Waals surface area (Å²) in [6.07, 6.45) is 0.996. The number of H-pyrrole nitrogens is 1. The van der Waals surface area contributed by atoms with Crippen molar-refractivity contribution in [2.24, 2.45) is 0 Å². The van der Waals surface area contributed by atoms with Gasteiger partial charge in [-0.05, 0) is 38.7 Å². The van der Waals surface area contributed by atoms with Crippen LogP contribution in [0.15, 0.2) is 18.2 Å². The third kappa shape index (κ3) is 2.36. The molecular formula is C15H17N5O. The Labute approximate surface area is 122 Å². The Hall–Kier alpha value is -2.39. The maximum atomic E-state index is 12.6. The Morgan fingerprint density at radius 2 is 2.33 bits per heavy atom. The number of nitriles is 1. The first-order chi connectivity index (χ1) is 10.1. The molecule has 1 saturated heterocycles. The second-order valence-electron chi connectivity index (χ2n) is 5.60. The van der Waals surface area contributed by atoms with Gasteiger partial charge in [0.1, 0.15) is 6.07 Å². The predicted molar refractivity (Wildman–Crippen MR) is 78.8 cm³/mol. The standard InChI is InChI=1S/C15H17N5O/c1-19(2)11-5-6-20(9-11)15(21)10-3-4-13-12(7-10)14(8-16)18-17-13/h3-4,7,11H,5-6,9H2,1-2H3,(H,17,18)/t11-/m1/s1. The SMILES string of the molecule is CN(C)[C@@H]1CCN(C(=O)c2ccc3[nH]nc(C#N)c3c2)C1. The summed E-state index contributed by atoms with van der Waals surface area (Å²) in [6.45, 7) is 1.52. The average molecular weight is 283 g/mol. The number of amides is 1. The largest absolute Gasteiger partial charge is 0.337 e. The van der Waals surface area contributed by atoms with E-state index in [4.69, 9.17) is 5.26 Å². The fourth-order valence-electron chi connectivity index (χ4n) is 2.76. The molecule has 108 valence electrons. The molecule has 1 fully saturated rings. The maximum Gasteiger partial charge on any atom is 0.253 e. The first kappa shape index (κ1) is 13.6. The third-order valence-corrected chi connectivity index (χ3v) is 4.10. The van der Waals surface area contributed by atoms with Crippen molar-refractivity contribution in [1.29, 1.82) is 5.26 Å². The van der Waals surface area contributed by atoms with Crippen LogP contribution in [-0.4, -0.2) is 59.1 Å². The first-order valence-corrected chi connectivity index (χ1v) is 6.94. The van der Waals surface area contributed by atoms with Gasteiger partial charge in [-0.15, -0.1) is 0 Å². The van der Waals surface area contributed by atoms with E-state index in [0.717, 1.165) is 25.0 Å². The van der Waals surface area contributed by atoms with Crippen molar-refractivity contribution < 1.29 is 4.79 Å². The van der Waals surface area contributed by atoms with Gasteiger partial charge in [-0.1, -0.05) is 0 Å². The second kappa shape index (κ2) is 5.19. The molecule has 1 aromatic heterocycles. The van der Waals surface area contributed by atoms with Crippen LogP contribution in [0.3, 0.4) is 0 Å². The van der Waals surface area contributed by atoms with E-state index in [2.05, 4.69) is 15.1 Å². The Morgan fingerprint density at radius 1 is 1.52 bits per heavy atom. The lowest BCUT2D eigenvalue weighted by Crippen LogP contribution is -2.34. The minimum Gasteiger partial charge on any atom is -0.337 e. The normalized spacial score (nSPS) is 18.4. The number of carbonyl (C=O) groups is 1. The number of carbonyl (C=O) groups excluding carboxylic acids is 1. The number of nitrogens with zero attached hydrogens (tertiary/aromatic N) is 4. The lowest BCUT2D eigenvalue weighted by molar-refractivity contribution is 0.0783. The fraction of sp³-hybridized carbons (Fsp3) is 0.400. The second-order valence-corrected chi connectivity index (χ2v) is 5.60. The maximum absolute atomic E-state index is 12.6. The van der Waals surface area contributed by atoms with Gasteiger partial charge in [0.25, 0.3) is 5.91 Å².